The van der Waals surface area contributed by atoms with Gasteiger partial charge in [0.05, 0.1) is 12.7 Å². The number of hydrogen-bond donors (Lipinski definition) is 0. The Labute approximate surface area is 86.5 Å². The molecule has 0 radical (unpaired) electrons. The molecule has 1 heterocycles. The summed E-state index contributed by atoms with van der Waals surface area (Å²) in [6.45, 7) is 3.21. The minimum atomic E-state index is 0.471. The van der Waals surface area contributed by atoms with Crippen molar-refractivity contribution in [2.75, 3.05) is 6.61 Å². The van der Waals surface area contributed by atoms with Crippen LogP contribution in [0.15, 0.2) is 11.6 Å². The van der Waals surface area contributed by atoms with E-state index in [9.17, 15) is 0 Å². The molecule has 0 aromatic rings. The molecule has 1 nitrogen and oxygen atoms in total. The van der Waals surface area contributed by atoms with Crippen molar-refractivity contribution >= 4 is 0 Å². The molecular weight excluding hydrogens is 172 g/mol. The van der Waals surface area contributed by atoms with Crippen LogP contribution in [0.25, 0.3) is 0 Å². The summed E-state index contributed by atoms with van der Waals surface area (Å²) in [7, 11) is 0. The maximum absolute atomic E-state index is 5.91. The van der Waals surface area contributed by atoms with Crippen molar-refractivity contribution in [2.45, 2.75) is 45.1 Å². The molecule has 1 aliphatic heterocycles. The van der Waals surface area contributed by atoms with Crippen molar-refractivity contribution in [3.05, 3.63) is 11.6 Å². The standard InChI is InChI=1S/C13H20O/c1-9-4-5-14-13(6-9)12-8-10-2-3-11(12)7-10/h6,10-13H,2-5,7-8H2,1H3. The van der Waals surface area contributed by atoms with Crippen LogP contribution in [-0.4, -0.2) is 12.7 Å². The van der Waals surface area contributed by atoms with Crippen molar-refractivity contribution in [2.24, 2.45) is 17.8 Å². The van der Waals surface area contributed by atoms with Crippen molar-refractivity contribution in [3.63, 3.8) is 0 Å². The van der Waals surface area contributed by atoms with Crippen LogP contribution in [0.3, 0.4) is 0 Å². The van der Waals surface area contributed by atoms with Gasteiger partial charge >= 0.3 is 0 Å². The Hall–Kier alpha value is -0.300. The summed E-state index contributed by atoms with van der Waals surface area (Å²) in [6.07, 6.45) is 9.93. The number of hydrogen-bond acceptors (Lipinski definition) is 1. The maximum Gasteiger partial charge on any atom is 0.0789 e. The number of ether oxygens (including phenoxy) is 1. The van der Waals surface area contributed by atoms with Gasteiger partial charge in [-0.2, -0.15) is 0 Å². The Morgan fingerprint density at radius 2 is 2.21 bits per heavy atom. The molecule has 2 aliphatic carbocycles. The third kappa shape index (κ3) is 1.42. The molecular formula is C13H20O. The predicted octanol–water partition coefficient (Wildman–Crippen LogP) is 3.16. The van der Waals surface area contributed by atoms with Crippen LogP contribution in [-0.2, 0) is 4.74 Å². The lowest BCUT2D eigenvalue weighted by atomic mass is 9.83. The lowest BCUT2D eigenvalue weighted by Crippen LogP contribution is -2.29. The van der Waals surface area contributed by atoms with Gasteiger partial charge < -0.3 is 4.74 Å². The highest BCUT2D eigenvalue weighted by molar-refractivity contribution is 5.09. The Bertz CT molecular complexity index is 256. The molecule has 0 saturated heterocycles. The Morgan fingerprint density at radius 1 is 1.29 bits per heavy atom. The third-order valence-corrected chi connectivity index (χ3v) is 4.47. The zero-order valence-corrected chi connectivity index (χ0v) is 9.04. The molecule has 4 atom stereocenters. The number of rotatable bonds is 1. The van der Waals surface area contributed by atoms with Crippen LogP contribution in [0, 0.1) is 17.8 Å². The van der Waals surface area contributed by atoms with Gasteiger partial charge in [0.15, 0.2) is 0 Å². The summed E-state index contributed by atoms with van der Waals surface area (Å²) in [6, 6.07) is 0. The second-order valence-electron chi connectivity index (χ2n) is 5.44. The van der Waals surface area contributed by atoms with Gasteiger partial charge in [0.2, 0.25) is 0 Å². The maximum atomic E-state index is 5.91. The third-order valence-electron chi connectivity index (χ3n) is 4.47. The molecule has 0 aromatic heterocycles. The summed E-state index contributed by atoms with van der Waals surface area (Å²) >= 11 is 0. The van der Waals surface area contributed by atoms with Gasteiger partial charge in [-0.1, -0.05) is 18.1 Å². The van der Waals surface area contributed by atoms with E-state index in [0.29, 0.717) is 6.10 Å². The molecule has 1 heteroatoms. The second-order valence-corrected chi connectivity index (χ2v) is 5.44. The molecule has 2 bridgehead atoms. The van der Waals surface area contributed by atoms with E-state index in [1.54, 1.807) is 5.57 Å². The average molecular weight is 192 g/mol. The summed E-state index contributed by atoms with van der Waals surface area (Å²) in [5.74, 6) is 2.90. The van der Waals surface area contributed by atoms with Crippen LogP contribution in [0.1, 0.15) is 39.0 Å². The van der Waals surface area contributed by atoms with Gasteiger partial charge in [-0.05, 0) is 50.4 Å². The first kappa shape index (κ1) is 8.96. The van der Waals surface area contributed by atoms with E-state index < -0.39 is 0 Å². The average Bonchev–Trinajstić information content (AvgIpc) is 2.78. The van der Waals surface area contributed by atoms with Gasteiger partial charge in [0.1, 0.15) is 0 Å². The molecule has 78 valence electrons. The largest absolute Gasteiger partial charge is 0.374 e. The minimum Gasteiger partial charge on any atom is -0.374 e. The lowest BCUT2D eigenvalue weighted by Gasteiger charge is -2.31. The first-order valence-electron chi connectivity index (χ1n) is 6.12. The van der Waals surface area contributed by atoms with Crippen LogP contribution < -0.4 is 0 Å². The molecule has 2 fully saturated rings. The van der Waals surface area contributed by atoms with Crippen molar-refractivity contribution in [3.8, 4) is 0 Å². The summed E-state index contributed by atoms with van der Waals surface area (Å²) < 4.78 is 5.91. The molecule has 3 aliphatic rings. The van der Waals surface area contributed by atoms with Crippen LogP contribution in [0.2, 0.25) is 0 Å². The molecule has 0 aromatic carbocycles. The zero-order chi connectivity index (χ0) is 9.54. The van der Waals surface area contributed by atoms with E-state index in [-0.39, 0.29) is 0 Å². The monoisotopic (exact) mass is 192 g/mol. The van der Waals surface area contributed by atoms with E-state index in [4.69, 9.17) is 4.74 Å². The highest BCUT2D eigenvalue weighted by Crippen LogP contribution is 2.50. The van der Waals surface area contributed by atoms with E-state index in [0.717, 1.165) is 30.8 Å². The van der Waals surface area contributed by atoms with Crippen LogP contribution in [0.4, 0.5) is 0 Å². The zero-order valence-electron chi connectivity index (χ0n) is 9.04. The van der Waals surface area contributed by atoms with E-state index >= 15 is 0 Å². The van der Waals surface area contributed by atoms with Gasteiger partial charge in [-0.25, -0.2) is 0 Å². The first-order chi connectivity index (χ1) is 6.83. The molecule has 14 heavy (non-hydrogen) atoms. The first-order valence-corrected chi connectivity index (χ1v) is 6.12. The fraction of sp³-hybridized carbons (Fsp3) is 0.846. The molecule has 0 spiro atoms. The van der Waals surface area contributed by atoms with Crippen LogP contribution >= 0.6 is 0 Å². The van der Waals surface area contributed by atoms with Gasteiger partial charge in [-0.15, -0.1) is 0 Å². The molecule has 3 rings (SSSR count). The Balaban J connectivity index is 1.73. The van der Waals surface area contributed by atoms with Crippen LogP contribution in [0.5, 0.6) is 0 Å². The Morgan fingerprint density at radius 3 is 2.86 bits per heavy atom. The van der Waals surface area contributed by atoms with E-state index in [1.807, 2.05) is 0 Å². The molecule has 0 N–H and O–H groups in total. The molecule has 4 unspecified atom stereocenters. The Kier molecular flexibility index (Phi) is 2.16. The SMILES string of the molecule is CC1=CC(C2CC3CCC2C3)OCC1. The van der Waals surface area contributed by atoms with Crippen molar-refractivity contribution < 1.29 is 4.74 Å². The molecule has 0 amide bonds. The van der Waals surface area contributed by atoms with Crippen molar-refractivity contribution in [1.29, 1.82) is 0 Å². The topological polar surface area (TPSA) is 9.23 Å². The normalized spacial score (nSPS) is 46.8. The van der Waals surface area contributed by atoms with Gasteiger partial charge in [-0.3, -0.25) is 0 Å². The van der Waals surface area contributed by atoms with Gasteiger partial charge in [0.25, 0.3) is 0 Å². The molecule has 2 saturated carbocycles. The predicted molar refractivity (Wildman–Crippen MR) is 57.1 cm³/mol. The highest BCUT2D eigenvalue weighted by atomic mass is 16.5. The quantitative estimate of drug-likeness (QED) is 0.580. The minimum absolute atomic E-state index is 0.471. The van der Waals surface area contributed by atoms with E-state index in [1.165, 1.54) is 25.7 Å². The number of fused-ring (bicyclic) bond motifs is 2. The highest BCUT2D eigenvalue weighted by Gasteiger charge is 2.43. The fourth-order valence-electron chi connectivity index (χ4n) is 3.71. The summed E-state index contributed by atoms with van der Waals surface area (Å²) in [5, 5.41) is 0. The fourth-order valence-corrected chi connectivity index (χ4v) is 3.71. The summed E-state index contributed by atoms with van der Waals surface area (Å²) in [5.41, 5.74) is 1.55. The van der Waals surface area contributed by atoms with Gasteiger partial charge in [0, 0.05) is 0 Å². The second kappa shape index (κ2) is 3.37. The van der Waals surface area contributed by atoms with E-state index in [2.05, 4.69) is 13.0 Å². The van der Waals surface area contributed by atoms with Crippen molar-refractivity contribution in [1.82, 2.24) is 0 Å². The lowest BCUT2D eigenvalue weighted by molar-refractivity contribution is 0.0184. The summed E-state index contributed by atoms with van der Waals surface area (Å²) in [4.78, 5) is 0. The smallest absolute Gasteiger partial charge is 0.0789 e.